The highest BCUT2D eigenvalue weighted by molar-refractivity contribution is 7.13. The summed E-state index contributed by atoms with van der Waals surface area (Å²) in [5, 5.41) is 16.1. The van der Waals surface area contributed by atoms with E-state index in [-0.39, 0.29) is 11.8 Å². The molecule has 1 N–H and O–H groups in total. The summed E-state index contributed by atoms with van der Waals surface area (Å²) in [6.45, 7) is 0.528. The van der Waals surface area contributed by atoms with Gasteiger partial charge in [-0.25, -0.2) is 9.78 Å². The number of nitrogens with zero attached hydrogens (tertiary/aromatic N) is 4. The van der Waals surface area contributed by atoms with Gasteiger partial charge in [0.25, 0.3) is 5.91 Å². The minimum absolute atomic E-state index is 0.0860. The van der Waals surface area contributed by atoms with Crippen molar-refractivity contribution >= 4 is 23.2 Å². The van der Waals surface area contributed by atoms with Gasteiger partial charge in [0, 0.05) is 30.7 Å². The van der Waals surface area contributed by atoms with Crippen LogP contribution in [0.25, 0.3) is 10.6 Å². The van der Waals surface area contributed by atoms with E-state index in [0.29, 0.717) is 18.2 Å². The van der Waals surface area contributed by atoms with E-state index >= 15 is 0 Å². The van der Waals surface area contributed by atoms with Crippen LogP contribution < -0.4 is 0 Å². The molecule has 2 aromatic rings. The molecule has 0 spiro atoms. The monoisotopic (exact) mass is 346 g/mol. The summed E-state index contributed by atoms with van der Waals surface area (Å²) < 4.78 is 1.68. The van der Waals surface area contributed by atoms with Gasteiger partial charge in [-0.3, -0.25) is 9.48 Å². The molecule has 4 rings (SSSR count). The summed E-state index contributed by atoms with van der Waals surface area (Å²) in [4.78, 5) is 30.4. The van der Waals surface area contributed by atoms with Gasteiger partial charge in [0.2, 0.25) is 0 Å². The van der Waals surface area contributed by atoms with Crippen molar-refractivity contribution in [2.75, 3.05) is 6.54 Å². The second-order valence-corrected chi connectivity index (χ2v) is 7.39. The predicted molar refractivity (Wildman–Crippen MR) is 87.6 cm³/mol. The second-order valence-electron chi connectivity index (χ2n) is 6.54. The van der Waals surface area contributed by atoms with Crippen molar-refractivity contribution in [1.29, 1.82) is 0 Å². The number of fused-ring (bicyclic) bond motifs is 1. The topological polar surface area (TPSA) is 88.3 Å². The molecule has 2 aromatic heterocycles. The minimum Gasteiger partial charge on any atom is -0.480 e. The van der Waals surface area contributed by atoms with Crippen LogP contribution in [-0.4, -0.2) is 49.2 Å². The molecule has 2 aliphatic rings. The highest BCUT2D eigenvalue weighted by atomic mass is 32.1. The fourth-order valence-corrected chi connectivity index (χ4v) is 4.78. The maximum atomic E-state index is 12.8. The second kappa shape index (κ2) is 5.70. The summed E-state index contributed by atoms with van der Waals surface area (Å²) in [7, 11) is 1.82. The summed E-state index contributed by atoms with van der Waals surface area (Å²) in [5.41, 5.74) is 1.18. The van der Waals surface area contributed by atoms with Gasteiger partial charge in [-0.15, -0.1) is 11.3 Å². The Morgan fingerprint density at radius 1 is 1.38 bits per heavy atom. The first kappa shape index (κ1) is 15.3. The van der Waals surface area contributed by atoms with Crippen molar-refractivity contribution < 1.29 is 14.7 Å². The van der Waals surface area contributed by atoms with Gasteiger partial charge in [-0.05, 0) is 24.7 Å². The predicted octanol–water partition coefficient (Wildman–Crippen LogP) is 1.87. The lowest BCUT2D eigenvalue weighted by Crippen LogP contribution is -2.43. The lowest BCUT2D eigenvalue weighted by atomic mass is 9.94. The number of aryl methyl sites for hydroxylation is 1. The Bertz CT molecular complexity index is 799. The maximum Gasteiger partial charge on any atom is 0.326 e. The van der Waals surface area contributed by atoms with Crippen LogP contribution >= 0.6 is 11.3 Å². The molecule has 24 heavy (non-hydrogen) atoms. The zero-order chi connectivity index (χ0) is 16.8. The third-order valence-electron chi connectivity index (χ3n) is 5.08. The first-order valence-electron chi connectivity index (χ1n) is 8.03. The Balaban J connectivity index is 1.59. The molecule has 0 bridgehead atoms. The van der Waals surface area contributed by atoms with E-state index in [1.807, 2.05) is 13.2 Å². The Kier molecular flexibility index (Phi) is 3.64. The summed E-state index contributed by atoms with van der Waals surface area (Å²) >= 11 is 1.37. The molecule has 0 radical (unpaired) electrons. The molecule has 1 saturated carbocycles. The molecule has 3 unspecified atom stereocenters. The maximum absolute atomic E-state index is 12.8. The minimum atomic E-state index is -0.902. The van der Waals surface area contributed by atoms with E-state index < -0.39 is 12.0 Å². The Labute approximate surface area is 142 Å². The van der Waals surface area contributed by atoms with Crippen LogP contribution in [0.1, 0.15) is 29.8 Å². The van der Waals surface area contributed by atoms with Crippen molar-refractivity contribution in [2.45, 2.75) is 25.3 Å². The molecule has 0 aromatic carbocycles. The number of aliphatic carboxylic acids is 1. The Hall–Kier alpha value is -2.22. The van der Waals surface area contributed by atoms with Crippen LogP contribution in [0.5, 0.6) is 0 Å². The first-order valence-corrected chi connectivity index (χ1v) is 8.91. The number of hydrogen-bond acceptors (Lipinski definition) is 5. The molecular weight excluding hydrogens is 328 g/mol. The van der Waals surface area contributed by atoms with E-state index in [0.717, 1.165) is 29.8 Å². The number of likely N-dealkylation sites (tertiary alicyclic amines) is 1. The van der Waals surface area contributed by atoms with Gasteiger partial charge in [-0.1, -0.05) is 6.42 Å². The van der Waals surface area contributed by atoms with Gasteiger partial charge >= 0.3 is 5.97 Å². The number of rotatable bonds is 3. The molecule has 2 fully saturated rings. The fourth-order valence-electron chi connectivity index (χ4n) is 4.01. The number of hydrogen-bond donors (Lipinski definition) is 1. The van der Waals surface area contributed by atoms with Crippen LogP contribution in [0.4, 0.5) is 0 Å². The zero-order valence-electron chi connectivity index (χ0n) is 13.3. The fraction of sp³-hybridized carbons (Fsp3) is 0.500. The highest BCUT2D eigenvalue weighted by Gasteiger charge is 2.49. The number of carboxylic acid groups (broad SMARTS) is 1. The molecule has 8 heteroatoms. The quantitative estimate of drug-likeness (QED) is 0.916. The number of carbonyl (C=O) groups is 2. The average molecular weight is 346 g/mol. The van der Waals surface area contributed by atoms with E-state index in [1.54, 1.807) is 16.3 Å². The molecule has 3 heterocycles. The molecular formula is C16H18N4O3S. The first-order chi connectivity index (χ1) is 11.5. The van der Waals surface area contributed by atoms with Gasteiger partial charge in [0.05, 0.1) is 6.20 Å². The van der Waals surface area contributed by atoms with Crippen molar-refractivity contribution in [3.05, 3.63) is 23.5 Å². The van der Waals surface area contributed by atoms with E-state index in [1.165, 1.54) is 16.2 Å². The molecule has 3 atom stereocenters. The van der Waals surface area contributed by atoms with Crippen molar-refractivity contribution in [2.24, 2.45) is 18.9 Å². The van der Waals surface area contributed by atoms with Crippen molar-refractivity contribution in [1.82, 2.24) is 19.7 Å². The SMILES string of the molecule is Cn1cc(-c2nc(C(=O)N3CC4CCCC4C3C(=O)O)cs2)cn1. The smallest absolute Gasteiger partial charge is 0.326 e. The number of thiazole rings is 1. The third kappa shape index (κ3) is 2.41. The van der Waals surface area contributed by atoms with E-state index in [9.17, 15) is 14.7 Å². The zero-order valence-corrected chi connectivity index (χ0v) is 14.1. The molecule has 1 aliphatic heterocycles. The van der Waals surface area contributed by atoms with E-state index in [4.69, 9.17) is 0 Å². The van der Waals surface area contributed by atoms with E-state index in [2.05, 4.69) is 10.1 Å². The normalized spacial score (nSPS) is 25.9. The summed E-state index contributed by atoms with van der Waals surface area (Å²) in [6.07, 6.45) is 6.50. The van der Waals surface area contributed by atoms with Crippen LogP contribution in [0.2, 0.25) is 0 Å². The highest BCUT2D eigenvalue weighted by Crippen LogP contribution is 2.42. The molecule has 7 nitrogen and oxygen atoms in total. The number of amides is 1. The van der Waals surface area contributed by atoms with Crippen LogP contribution in [-0.2, 0) is 11.8 Å². The number of carboxylic acids is 1. The van der Waals surface area contributed by atoms with Crippen molar-refractivity contribution in [3.8, 4) is 10.6 Å². The summed E-state index contributed by atoms with van der Waals surface area (Å²) in [6, 6.07) is -0.714. The van der Waals surface area contributed by atoms with Crippen molar-refractivity contribution in [3.63, 3.8) is 0 Å². The Morgan fingerprint density at radius 3 is 2.92 bits per heavy atom. The molecule has 126 valence electrons. The molecule has 1 aliphatic carbocycles. The van der Waals surface area contributed by atoms with Crippen LogP contribution in [0.3, 0.4) is 0 Å². The van der Waals surface area contributed by atoms with Crippen LogP contribution in [0, 0.1) is 11.8 Å². The van der Waals surface area contributed by atoms with Gasteiger partial charge < -0.3 is 10.0 Å². The Morgan fingerprint density at radius 2 is 2.21 bits per heavy atom. The largest absolute Gasteiger partial charge is 0.480 e. The number of aromatic nitrogens is 3. The molecule has 1 saturated heterocycles. The van der Waals surface area contributed by atoms with Gasteiger partial charge in [-0.2, -0.15) is 5.10 Å². The summed E-state index contributed by atoms with van der Waals surface area (Å²) in [5.74, 6) is -0.780. The molecule has 1 amide bonds. The van der Waals surface area contributed by atoms with Crippen LogP contribution in [0.15, 0.2) is 17.8 Å². The lowest BCUT2D eigenvalue weighted by molar-refractivity contribution is -0.142. The van der Waals surface area contributed by atoms with Gasteiger partial charge in [0.15, 0.2) is 0 Å². The average Bonchev–Trinajstić information content (AvgIpc) is 3.28. The van der Waals surface area contributed by atoms with Gasteiger partial charge in [0.1, 0.15) is 16.7 Å². The number of carbonyl (C=O) groups excluding carboxylic acids is 1. The third-order valence-corrected chi connectivity index (χ3v) is 5.97. The lowest BCUT2D eigenvalue weighted by Gasteiger charge is -2.23. The standard InChI is InChI=1S/C16H18N4O3S/c1-19-6-10(5-17-19)14-18-12(8-24-14)15(21)20-7-9-3-2-4-11(9)13(20)16(22)23/h5-6,8-9,11,13H,2-4,7H2,1H3,(H,22,23).